The standard InChI is InChI=1S/C22H24N4O2.C2HF3O2/c1-26-20-9-4-10-23-22(27)19-12-16(13-24-19)28-15-6-2-5-14(11-15)17-7-3-8-18(25-26)21(17)20;3-2(4,5)1(6)7/h2-3,5-8,11,16,19,24H,4,9-10,12-13H2,1H3,(H,23,27);(H,6,7). The van der Waals surface area contributed by atoms with E-state index in [1.165, 1.54) is 16.6 Å². The van der Waals surface area contributed by atoms with Gasteiger partial charge in [-0.15, -0.1) is 0 Å². The first kappa shape index (κ1) is 24.5. The number of rotatable bonds is 0. The van der Waals surface area contributed by atoms with Crippen LogP contribution in [0.15, 0.2) is 42.5 Å². The summed E-state index contributed by atoms with van der Waals surface area (Å²) in [5.74, 6) is -1.86. The molecule has 1 aromatic heterocycles. The summed E-state index contributed by atoms with van der Waals surface area (Å²) in [4.78, 5) is 21.3. The first-order chi connectivity index (χ1) is 16.6. The molecule has 1 amide bonds. The second-order valence-corrected chi connectivity index (χ2v) is 8.43. The van der Waals surface area contributed by atoms with Crippen LogP contribution in [-0.4, -0.2) is 58.2 Å². The van der Waals surface area contributed by atoms with Crippen LogP contribution < -0.4 is 15.4 Å². The van der Waals surface area contributed by atoms with Crippen molar-refractivity contribution in [2.45, 2.75) is 37.6 Å². The van der Waals surface area contributed by atoms with E-state index in [0.29, 0.717) is 19.5 Å². The molecule has 8 nitrogen and oxygen atoms in total. The van der Waals surface area contributed by atoms with Crippen molar-refractivity contribution in [1.29, 1.82) is 0 Å². The van der Waals surface area contributed by atoms with E-state index in [1.807, 2.05) is 23.9 Å². The average Bonchev–Trinajstić information content (AvgIpc) is 3.39. The Kier molecular flexibility index (Phi) is 6.97. The molecule has 4 bridgehead atoms. The molecule has 0 spiro atoms. The highest BCUT2D eigenvalue weighted by molar-refractivity contribution is 5.97. The van der Waals surface area contributed by atoms with Gasteiger partial charge in [0, 0.05) is 37.6 Å². The van der Waals surface area contributed by atoms with Crippen molar-refractivity contribution in [3.8, 4) is 16.9 Å². The van der Waals surface area contributed by atoms with E-state index in [4.69, 9.17) is 19.7 Å². The third-order valence-electron chi connectivity index (χ3n) is 5.97. The number of hydrogen-bond donors (Lipinski definition) is 3. The number of nitrogens with one attached hydrogen (secondary N) is 2. The Labute approximate surface area is 199 Å². The van der Waals surface area contributed by atoms with Gasteiger partial charge < -0.3 is 20.5 Å². The smallest absolute Gasteiger partial charge is 0.489 e. The van der Waals surface area contributed by atoms with Crippen LogP contribution in [0, 0.1) is 0 Å². The van der Waals surface area contributed by atoms with Gasteiger partial charge in [0.2, 0.25) is 5.91 Å². The molecule has 3 N–H and O–H groups in total. The molecule has 3 heterocycles. The topological polar surface area (TPSA) is 105 Å². The SMILES string of the molecule is Cn1nc2cccc3c2c1CCCNC(=O)C1CC(CN1)Oc1cccc-3c1.O=C(O)C(F)(F)F. The fourth-order valence-corrected chi connectivity index (χ4v) is 4.35. The first-order valence-corrected chi connectivity index (χ1v) is 11.2. The number of carbonyl (C=O) groups excluding carboxylic acids is 1. The minimum atomic E-state index is -5.08. The molecular weight excluding hydrogens is 465 g/mol. The molecule has 11 heteroatoms. The highest BCUT2D eigenvalue weighted by atomic mass is 19.4. The lowest BCUT2D eigenvalue weighted by Gasteiger charge is -2.14. The number of carboxylic acids is 1. The number of carbonyl (C=O) groups is 2. The summed E-state index contributed by atoms with van der Waals surface area (Å²) in [6.07, 6.45) is -2.65. The molecule has 1 saturated heterocycles. The lowest BCUT2D eigenvalue weighted by Crippen LogP contribution is -2.40. The van der Waals surface area contributed by atoms with Gasteiger partial charge in [-0.25, -0.2) is 4.79 Å². The zero-order chi connectivity index (χ0) is 25.2. The van der Waals surface area contributed by atoms with Crippen LogP contribution in [0.2, 0.25) is 0 Å². The highest BCUT2D eigenvalue weighted by Gasteiger charge is 2.38. The first-order valence-electron chi connectivity index (χ1n) is 11.2. The van der Waals surface area contributed by atoms with Crippen LogP contribution in [0.1, 0.15) is 18.5 Å². The number of aliphatic carboxylic acids is 1. The highest BCUT2D eigenvalue weighted by Crippen LogP contribution is 2.33. The minimum absolute atomic E-state index is 0.000809. The van der Waals surface area contributed by atoms with Crippen molar-refractivity contribution in [2.24, 2.45) is 7.05 Å². The summed E-state index contributed by atoms with van der Waals surface area (Å²) in [6, 6.07) is 14.3. The van der Waals surface area contributed by atoms with Crippen molar-refractivity contribution in [1.82, 2.24) is 20.4 Å². The summed E-state index contributed by atoms with van der Waals surface area (Å²) >= 11 is 0. The second-order valence-electron chi connectivity index (χ2n) is 8.43. The quantitative estimate of drug-likeness (QED) is 0.448. The molecule has 2 unspecified atom stereocenters. The fourth-order valence-electron chi connectivity index (χ4n) is 4.35. The number of fused-ring (bicyclic) bond motifs is 5. The molecule has 3 aromatic rings. The maximum Gasteiger partial charge on any atom is 0.490 e. The van der Waals surface area contributed by atoms with E-state index in [9.17, 15) is 18.0 Å². The normalized spacial score (nSPS) is 20.1. The summed E-state index contributed by atoms with van der Waals surface area (Å²) in [5, 5.41) is 19.4. The van der Waals surface area contributed by atoms with Crippen molar-refractivity contribution < 1.29 is 32.6 Å². The number of benzene rings is 2. The molecule has 0 radical (unpaired) electrons. The molecule has 2 aromatic carbocycles. The maximum absolute atomic E-state index is 12.4. The fraction of sp³-hybridized carbons (Fsp3) is 0.375. The Bertz CT molecular complexity index is 1240. The van der Waals surface area contributed by atoms with Crippen LogP contribution in [0.3, 0.4) is 0 Å². The van der Waals surface area contributed by atoms with E-state index < -0.39 is 12.1 Å². The summed E-state index contributed by atoms with van der Waals surface area (Å²) < 4.78 is 39.9. The Morgan fingerprint density at radius 1 is 1.23 bits per heavy atom. The number of hydrogen-bond acceptors (Lipinski definition) is 5. The predicted molar refractivity (Wildman–Crippen MR) is 122 cm³/mol. The van der Waals surface area contributed by atoms with Gasteiger partial charge in [-0.2, -0.15) is 18.3 Å². The van der Waals surface area contributed by atoms with Gasteiger partial charge in [-0.05, 0) is 42.2 Å². The molecule has 35 heavy (non-hydrogen) atoms. The van der Waals surface area contributed by atoms with Crippen molar-refractivity contribution in [2.75, 3.05) is 13.1 Å². The van der Waals surface area contributed by atoms with E-state index in [2.05, 4.69) is 41.0 Å². The number of halogens is 3. The lowest BCUT2D eigenvalue weighted by atomic mass is 9.98. The minimum Gasteiger partial charge on any atom is -0.489 e. The number of ether oxygens (including phenoxy) is 1. The summed E-state index contributed by atoms with van der Waals surface area (Å²) in [7, 11) is 1.99. The molecule has 0 aliphatic carbocycles. The van der Waals surface area contributed by atoms with Crippen LogP contribution in [0.5, 0.6) is 5.75 Å². The predicted octanol–water partition coefficient (Wildman–Crippen LogP) is 3.05. The molecular formula is C24H25F3N4O4. The molecule has 2 aliphatic heterocycles. The van der Waals surface area contributed by atoms with Crippen LogP contribution in [-0.2, 0) is 23.1 Å². The number of aromatic nitrogens is 2. The van der Waals surface area contributed by atoms with Gasteiger partial charge in [0.25, 0.3) is 0 Å². The molecule has 186 valence electrons. The Morgan fingerprint density at radius 3 is 2.71 bits per heavy atom. The van der Waals surface area contributed by atoms with E-state index in [1.54, 1.807) is 0 Å². The van der Waals surface area contributed by atoms with Gasteiger partial charge in [0.05, 0.1) is 11.6 Å². The maximum atomic E-state index is 12.4. The van der Waals surface area contributed by atoms with Crippen LogP contribution >= 0.6 is 0 Å². The molecule has 5 rings (SSSR count). The largest absolute Gasteiger partial charge is 0.490 e. The van der Waals surface area contributed by atoms with Crippen LogP contribution in [0.4, 0.5) is 13.2 Å². The van der Waals surface area contributed by atoms with Crippen molar-refractivity contribution in [3.63, 3.8) is 0 Å². The van der Waals surface area contributed by atoms with E-state index in [0.717, 1.165) is 29.7 Å². The number of carboxylic acid groups (broad SMARTS) is 1. The van der Waals surface area contributed by atoms with Gasteiger partial charge in [0.1, 0.15) is 11.9 Å². The van der Waals surface area contributed by atoms with E-state index >= 15 is 0 Å². The summed E-state index contributed by atoms with van der Waals surface area (Å²) in [5.41, 5.74) is 4.50. The zero-order valence-corrected chi connectivity index (χ0v) is 18.9. The molecule has 1 fully saturated rings. The van der Waals surface area contributed by atoms with Gasteiger partial charge in [-0.3, -0.25) is 9.48 Å². The number of amides is 1. The molecule has 2 aliphatic rings. The second kappa shape index (κ2) is 9.95. The van der Waals surface area contributed by atoms with Crippen molar-refractivity contribution >= 4 is 22.8 Å². The Morgan fingerprint density at radius 2 is 1.97 bits per heavy atom. The van der Waals surface area contributed by atoms with Crippen molar-refractivity contribution in [3.05, 3.63) is 48.2 Å². The van der Waals surface area contributed by atoms with Gasteiger partial charge >= 0.3 is 12.1 Å². The third kappa shape index (κ3) is 5.56. The average molecular weight is 490 g/mol. The van der Waals surface area contributed by atoms with Gasteiger partial charge in [-0.1, -0.05) is 24.3 Å². The monoisotopic (exact) mass is 490 g/mol. The Balaban J connectivity index is 0.000000364. The lowest BCUT2D eigenvalue weighted by molar-refractivity contribution is -0.192. The Hall–Kier alpha value is -3.60. The number of alkyl halides is 3. The number of nitrogens with zero attached hydrogens (tertiary/aromatic N) is 2. The zero-order valence-electron chi connectivity index (χ0n) is 18.9. The van der Waals surface area contributed by atoms with E-state index in [-0.39, 0.29) is 18.1 Å². The van der Waals surface area contributed by atoms with Gasteiger partial charge in [0.15, 0.2) is 0 Å². The van der Waals surface area contributed by atoms with Crippen LogP contribution in [0.25, 0.3) is 22.0 Å². The number of aryl methyl sites for hydroxylation is 2. The third-order valence-corrected chi connectivity index (χ3v) is 5.97. The molecule has 0 saturated carbocycles. The molecule has 2 atom stereocenters. The summed E-state index contributed by atoms with van der Waals surface area (Å²) in [6.45, 7) is 1.34.